The molecule has 0 saturated carbocycles. The molecule has 0 bridgehead atoms. The third-order valence-corrected chi connectivity index (χ3v) is 2.53. The van der Waals surface area contributed by atoms with Crippen LogP contribution in [0.1, 0.15) is 31.9 Å². The molecule has 1 aromatic rings. The zero-order valence-corrected chi connectivity index (χ0v) is 11.3. The average Bonchev–Trinajstić information content (AvgIpc) is 2.18. The molecule has 96 valence electrons. The number of benzene rings is 1. The summed E-state index contributed by atoms with van der Waals surface area (Å²) < 4.78 is 13.6. The van der Waals surface area contributed by atoms with Crippen molar-refractivity contribution in [3.63, 3.8) is 0 Å². The second kappa shape index (κ2) is 5.61. The molecule has 0 amide bonds. The molecule has 0 aliphatic heterocycles. The molecule has 0 unspecified atom stereocenters. The van der Waals surface area contributed by atoms with Crippen LogP contribution in [0.25, 0.3) is 0 Å². The lowest BCUT2D eigenvalue weighted by atomic mass is 9.96. The van der Waals surface area contributed by atoms with E-state index in [0.29, 0.717) is 13.1 Å². The van der Waals surface area contributed by atoms with Gasteiger partial charge in [-0.15, -0.1) is 0 Å². The van der Waals surface area contributed by atoms with Gasteiger partial charge in [0.25, 0.3) is 0 Å². The molecule has 0 fully saturated rings. The van der Waals surface area contributed by atoms with E-state index in [1.807, 2.05) is 13.1 Å². The molecule has 17 heavy (non-hydrogen) atoms. The number of nitrogens with two attached hydrogens (primary N) is 1. The first kappa shape index (κ1) is 14.1. The molecule has 1 rings (SSSR count). The Balaban J connectivity index is 2.73. The Kier molecular flexibility index (Phi) is 4.66. The SMILES string of the molecule is CN(Cc1cc(CN)ccc1F)CC(C)(C)C. The molecular formula is C14H23FN2. The highest BCUT2D eigenvalue weighted by atomic mass is 19.1. The van der Waals surface area contributed by atoms with Crippen molar-refractivity contribution in [2.24, 2.45) is 11.1 Å². The summed E-state index contributed by atoms with van der Waals surface area (Å²) in [6.45, 7) is 8.54. The van der Waals surface area contributed by atoms with E-state index >= 15 is 0 Å². The minimum Gasteiger partial charge on any atom is -0.326 e. The van der Waals surface area contributed by atoms with E-state index in [-0.39, 0.29) is 11.2 Å². The summed E-state index contributed by atoms with van der Waals surface area (Å²) in [5, 5.41) is 0. The smallest absolute Gasteiger partial charge is 0.127 e. The van der Waals surface area contributed by atoms with Crippen LogP contribution in [-0.2, 0) is 13.1 Å². The van der Waals surface area contributed by atoms with E-state index in [9.17, 15) is 4.39 Å². The van der Waals surface area contributed by atoms with Crippen LogP contribution < -0.4 is 5.73 Å². The number of hydrogen-bond donors (Lipinski definition) is 1. The van der Waals surface area contributed by atoms with Crippen molar-refractivity contribution < 1.29 is 4.39 Å². The van der Waals surface area contributed by atoms with Crippen LogP contribution in [-0.4, -0.2) is 18.5 Å². The number of nitrogens with zero attached hydrogens (tertiary/aromatic N) is 1. The molecule has 0 saturated heterocycles. The number of rotatable bonds is 4. The van der Waals surface area contributed by atoms with Gasteiger partial charge in [-0.25, -0.2) is 4.39 Å². The highest BCUT2D eigenvalue weighted by Gasteiger charge is 2.14. The molecule has 0 spiro atoms. The van der Waals surface area contributed by atoms with Crippen molar-refractivity contribution in [1.82, 2.24) is 4.90 Å². The van der Waals surface area contributed by atoms with Gasteiger partial charge in [0.15, 0.2) is 0 Å². The maximum Gasteiger partial charge on any atom is 0.127 e. The van der Waals surface area contributed by atoms with Gasteiger partial charge in [0.2, 0.25) is 0 Å². The maximum atomic E-state index is 13.6. The number of hydrogen-bond acceptors (Lipinski definition) is 2. The van der Waals surface area contributed by atoms with Crippen LogP contribution in [0.15, 0.2) is 18.2 Å². The first-order chi connectivity index (χ1) is 7.81. The summed E-state index contributed by atoms with van der Waals surface area (Å²) in [6, 6.07) is 5.10. The standard InChI is InChI=1S/C14H23FN2/c1-14(2,3)10-17(4)9-12-7-11(8-16)5-6-13(12)15/h5-7H,8-10,16H2,1-4H3. The molecule has 2 nitrogen and oxygen atoms in total. The monoisotopic (exact) mass is 238 g/mol. The van der Waals surface area contributed by atoms with Gasteiger partial charge in [-0.1, -0.05) is 32.9 Å². The fraction of sp³-hybridized carbons (Fsp3) is 0.571. The largest absolute Gasteiger partial charge is 0.326 e. The van der Waals surface area contributed by atoms with Crippen LogP contribution in [0.3, 0.4) is 0 Å². The second-order valence-corrected chi connectivity index (χ2v) is 5.86. The van der Waals surface area contributed by atoms with Crippen LogP contribution in [0, 0.1) is 11.2 Å². The van der Waals surface area contributed by atoms with Gasteiger partial charge in [-0.2, -0.15) is 0 Å². The van der Waals surface area contributed by atoms with Gasteiger partial charge in [0.05, 0.1) is 0 Å². The molecule has 0 aliphatic carbocycles. The summed E-state index contributed by atoms with van der Waals surface area (Å²) in [4.78, 5) is 2.14. The minimum absolute atomic E-state index is 0.150. The lowest BCUT2D eigenvalue weighted by molar-refractivity contribution is 0.218. The van der Waals surface area contributed by atoms with Crippen molar-refractivity contribution >= 4 is 0 Å². The molecule has 1 aromatic carbocycles. The first-order valence-corrected chi connectivity index (χ1v) is 5.98. The van der Waals surface area contributed by atoms with Crippen molar-refractivity contribution in [2.45, 2.75) is 33.9 Å². The first-order valence-electron chi connectivity index (χ1n) is 5.98. The third-order valence-electron chi connectivity index (χ3n) is 2.53. The van der Waals surface area contributed by atoms with Crippen molar-refractivity contribution in [3.05, 3.63) is 35.1 Å². The Morgan fingerprint density at radius 3 is 2.47 bits per heavy atom. The summed E-state index contributed by atoms with van der Waals surface area (Å²) in [5.41, 5.74) is 7.48. The lowest BCUT2D eigenvalue weighted by Crippen LogP contribution is -2.29. The third kappa shape index (κ3) is 4.84. The van der Waals surface area contributed by atoms with Gasteiger partial charge < -0.3 is 10.6 Å². The maximum absolute atomic E-state index is 13.6. The Hall–Kier alpha value is -0.930. The van der Waals surface area contributed by atoms with E-state index < -0.39 is 0 Å². The Bertz CT molecular complexity index is 369. The van der Waals surface area contributed by atoms with Crippen LogP contribution in [0.4, 0.5) is 4.39 Å². The molecular weight excluding hydrogens is 215 g/mol. The van der Waals surface area contributed by atoms with E-state index in [4.69, 9.17) is 5.73 Å². The quantitative estimate of drug-likeness (QED) is 0.874. The second-order valence-electron chi connectivity index (χ2n) is 5.86. The minimum atomic E-state index is -0.150. The zero-order valence-electron chi connectivity index (χ0n) is 11.3. The molecule has 0 aliphatic rings. The van der Waals surface area contributed by atoms with E-state index in [0.717, 1.165) is 17.7 Å². The van der Waals surface area contributed by atoms with Crippen LogP contribution >= 0.6 is 0 Å². The van der Waals surface area contributed by atoms with Gasteiger partial charge in [-0.3, -0.25) is 0 Å². The molecule has 3 heteroatoms. The summed E-state index contributed by atoms with van der Waals surface area (Å²) in [5.74, 6) is -0.150. The predicted molar refractivity (Wildman–Crippen MR) is 70.1 cm³/mol. The van der Waals surface area contributed by atoms with Gasteiger partial charge in [0, 0.05) is 25.2 Å². The van der Waals surface area contributed by atoms with Crippen LogP contribution in [0.5, 0.6) is 0 Å². The highest BCUT2D eigenvalue weighted by Crippen LogP contribution is 2.17. The lowest BCUT2D eigenvalue weighted by Gasteiger charge is -2.26. The Morgan fingerprint density at radius 1 is 1.29 bits per heavy atom. The molecule has 0 radical (unpaired) electrons. The van der Waals surface area contributed by atoms with Gasteiger partial charge in [0.1, 0.15) is 5.82 Å². The van der Waals surface area contributed by atoms with Crippen molar-refractivity contribution in [1.29, 1.82) is 0 Å². The summed E-state index contributed by atoms with van der Waals surface area (Å²) in [7, 11) is 2.01. The fourth-order valence-corrected chi connectivity index (χ4v) is 2.03. The van der Waals surface area contributed by atoms with E-state index in [1.54, 1.807) is 6.07 Å². The highest BCUT2D eigenvalue weighted by molar-refractivity contribution is 5.25. The molecule has 0 aromatic heterocycles. The van der Waals surface area contributed by atoms with Gasteiger partial charge in [-0.05, 0) is 24.1 Å². The predicted octanol–water partition coefficient (Wildman–Crippen LogP) is 2.76. The number of halogens is 1. The Labute approximate surface area is 104 Å². The van der Waals surface area contributed by atoms with Crippen molar-refractivity contribution in [2.75, 3.05) is 13.6 Å². The topological polar surface area (TPSA) is 29.3 Å². The molecule has 2 N–H and O–H groups in total. The van der Waals surface area contributed by atoms with Gasteiger partial charge >= 0.3 is 0 Å². The molecule has 0 heterocycles. The Morgan fingerprint density at radius 2 is 1.94 bits per heavy atom. The normalized spacial score (nSPS) is 12.2. The summed E-state index contributed by atoms with van der Waals surface area (Å²) >= 11 is 0. The zero-order chi connectivity index (χ0) is 13.1. The van der Waals surface area contributed by atoms with E-state index in [1.165, 1.54) is 6.07 Å². The van der Waals surface area contributed by atoms with E-state index in [2.05, 4.69) is 25.7 Å². The summed E-state index contributed by atoms with van der Waals surface area (Å²) in [6.07, 6.45) is 0. The molecule has 0 atom stereocenters. The van der Waals surface area contributed by atoms with Crippen molar-refractivity contribution in [3.8, 4) is 0 Å². The van der Waals surface area contributed by atoms with Crippen LogP contribution in [0.2, 0.25) is 0 Å². The average molecular weight is 238 g/mol. The fourth-order valence-electron chi connectivity index (χ4n) is 2.03.